The molecule has 0 aliphatic carbocycles. The Morgan fingerprint density at radius 1 is 1.36 bits per heavy atom. The molecule has 0 bridgehead atoms. The van der Waals surface area contributed by atoms with Crippen molar-refractivity contribution in [1.29, 1.82) is 0 Å². The van der Waals surface area contributed by atoms with Crippen LogP contribution in [0.5, 0.6) is 0 Å². The van der Waals surface area contributed by atoms with Crippen LogP contribution in [0.4, 0.5) is 4.48 Å². The molecular formula is C6H12FN3S. The minimum absolute atomic E-state index is 0.207. The maximum absolute atomic E-state index is 11.8. The summed E-state index contributed by atoms with van der Waals surface area (Å²) in [6.07, 6.45) is 0. The van der Waals surface area contributed by atoms with Crippen molar-refractivity contribution in [2.45, 2.75) is 0 Å². The number of likely N-dealkylation sites (N-methyl/N-ethyl adjacent to an activating group) is 1. The fraction of sp³-hybridized carbons (Fsp3) is 0.833. The number of nitrogens with zero attached hydrogens (tertiary/aromatic N) is 2. The molecule has 1 aliphatic rings. The van der Waals surface area contributed by atoms with Gasteiger partial charge < -0.3 is 9.80 Å². The largest absolute Gasteiger partial charge is 0.345 e. The zero-order valence-electron chi connectivity index (χ0n) is 6.51. The van der Waals surface area contributed by atoms with Crippen LogP contribution in [0.2, 0.25) is 0 Å². The third kappa shape index (κ3) is 2.27. The monoisotopic (exact) mass is 177 g/mol. The number of hydrogen-bond acceptors (Lipinski definition) is 2. The van der Waals surface area contributed by atoms with Gasteiger partial charge in [0.2, 0.25) is 0 Å². The highest BCUT2D eigenvalue weighted by molar-refractivity contribution is 7.80. The SMILES string of the molecule is CN1CCN(C(=S)NF)CC1. The van der Waals surface area contributed by atoms with Crippen LogP contribution in [0.3, 0.4) is 0 Å². The van der Waals surface area contributed by atoms with Crippen molar-refractivity contribution < 1.29 is 4.48 Å². The molecule has 0 saturated carbocycles. The molecule has 11 heavy (non-hydrogen) atoms. The second kappa shape index (κ2) is 3.82. The minimum Gasteiger partial charge on any atom is -0.345 e. The maximum Gasteiger partial charge on any atom is 0.197 e. The van der Waals surface area contributed by atoms with Gasteiger partial charge in [-0.05, 0) is 19.3 Å². The van der Waals surface area contributed by atoms with E-state index in [2.05, 4.69) is 4.90 Å². The van der Waals surface area contributed by atoms with Crippen molar-refractivity contribution in [1.82, 2.24) is 15.3 Å². The molecular weight excluding hydrogens is 165 g/mol. The number of halogens is 1. The average Bonchev–Trinajstić information content (AvgIpc) is 2.05. The summed E-state index contributed by atoms with van der Waals surface area (Å²) in [4.78, 5) is 4.02. The summed E-state index contributed by atoms with van der Waals surface area (Å²) in [5.41, 5.74) is 1.49. The van der Waals surface area contributed by atoms with Crippen molar-refractivity contribution in [3.63, 3.8) is 0 Å². The summed E-state index contributed by atoms with van der Waals surface area (Å²) in [5, 5.41) is 0.207. The Morgan fingerprint density at radius 2 is 1.91 bits per heavy atom. The lowest BCUT2D eigenvalue weighted by Crippen LogP contribution is -2.49. The van der Waals surface area contributed by atoms with Gasteiger partial charge in [0, 0.05) is 26.2 Å². The lowest BCUT2D eigenvalue weighted by molar-refractivity contribution is 0.207. The molecule has 0 aromatic carbocycles. The lowest BCUT2D eigenvalue weighted by atomic mass is 10.3. The molecule has 0 unspecified atom stereocenters. The Morgan fingerprint density at radius 3 is 2.36 bits per heavy atom. The number of hydrogen-bond donors (Lipinski definition) is 1. The van der Waals surface area contributed by atoms with E-state index in [9.17, 15) is 4.48 Å². The van der Waals surface area contributed by atoms with Crippen LogP contribution in [0.1, 0.15) is 0 Å². The Labute approximate surface area is 71.1 Å². The van der Waals surface area contributed by atoms with E-state index in [1.165, 1.54) is 5.54 Å². The van der Waals surface area contributed by atoms with Gasteiger partial charge in [0.05, 0.1) is 0 Å². The summed E-state index contributed by atoms with van der Waals surface area (Å²) in [6.45, 7) is 3.52. The van der Waals surface area contributed by atoms with Crippen LogP contribution in [0.25, 0.3) is 0 Å². The van der Waals surface area contributed by atoms with Gasteiger partial charge in [0.15, 0.2) is 5.11 Å². The lowest BCUT2D eigenvalue weighted by Gasteiger charge is -2.32. The standard InChI is InChI=1S/C6H12FN3S/c1-9-2-4-10(5-3-9)6(11)8-7/h2-5H2,1H3,(H,8,11). The topological polar surface area (TPSA) is 18.5 Å². The number of nitrogens with one attached hydrogen (secondary N) is 1. The van der Waals surface area contributed by atoms with Gasteiger partial charge in [-0.1, -0.05) is 0 Å². The molecule has 0 atom stereocenters. The van der Waals surface area contributed by atoms with E-state index < -0.39 is 0 Å². The smallest absolute Gasteiger partial charge is 0.197 e. The molecule has 0 spiro atoms. The van der Waals surface area contributed by atoms with Crippen molar-refractivity contribution in [3.05, 3.63) is 0 Å². The van der Waals surface area contributed by atoms with E-state index in [0.29, 0.717) is 0 Å². The molecule has 0 amide bonds. The van der Waals surface area contributed by atoms with Crippen molar-refractivity contribution in [2.75, 3.05) is 33.2 Å². The van der Waals surface area contributed by atoms with Crippen LogP contribution in [-0.4, -0.2) is 48.1 Å². The van der Waals surface area contributed by atoms with E-state index in [4.69, 9.17) is 12.2 Å². The fourth-order valence-electron chi connectivity index (χ4n) is 1.07. The first kappa shape index (κ1) is 8.67. The zero-order valence-corrected chi connectivity index (χ0v) is 7.33. The van der Waals surface area contributed by atoms with Gasteiger partial charge in [-0.25, -0.2) is 0 Å². The second-order valence-corrected chi connectivity index (χ2v) is 3.08. The first-order chi connectivity index (χ1) is 5.24. The van der Waals surface area contributed by atoms with Crippen LogP contribution in [0, 0.1) is 0 Å². The third-order valence-corrected chi connectivity index (χ3v) is 2.21. The molecule has 0 aromatic rings. The maximum atomic E-state index is 11.8. The van der Waals surface area contributed by atoms with Crippen LogP contribution < -0.4 is 5.54 Å². The van der Waals surface area contributed by atoms with E-state index in [1.807, 2.05) is 11.9 Å². The molecule has 0 radical (unpaired) electrons. The molecule has 1 aliphatic heterocycles. The number of rotatable bonds is 0. The number of thiocarbonyl (C=S) groups is 1. The predicted molar refractivity (Wildman–Crippen MR) is 45.9 cm³/mol. The molecule has 64 valence electrons. The summed E-state index contributed by atoms with van der Waals surface area (Å²) < 4.78 is 11.8. The molecule has 5 heteroatoms. The first-order valence-electron chi connectivity index (χ1n) is 3.58. The van der Waals surface area contributed by atoms with Gasteiger partial charge in [-0.2, -0.15) is 5.54 Å². The van der Waals surface area contributed by atoms with Crippen molar-refractivity contribution in [2.24, 2.45) is 0 Å². The summed E-state index contributed by atoms with van der Waals surface area (Å²) in [6, 6.07) is 0. The summed E-state index contributed by atoms with van der Waals surface area (Å²) >= 11 is 4.74. The second-order valence-electron chi connectivity index (χ2n) is 2.69. The summed E-state index contributed by atoms with van der Waals surface area (Å²) in [5.74, 6) is 0. The third-order valence-electron chi connectivity index (χ3n) is 1.87. The van der Waals surface area contributed by atoms with Crippen LogP contribution in [0.15, 0.2) is 0 Å². The van der Waals surface area contributed by atoms with Gasteiger partial charge >= 0.3 is 0 Å². The van der Waals surface area contributed by atoms with Crippen LogP contribution in [-0.2, 0) is 0 Å². The van der Waals surface area contributed by atoms with Crippen molar-refractivity contribution >= 4 is 17.3 Å². The quantitative estimate of drug-likeness (QED) is 0.414. The molecule has 1 N–H and O–H groups in total. The highest BCUT2D eigenvalue weighted by atomic mass is 32.1. The van der Waals surface area contributed by atoms with E-state index in [0.717, 1.165) is 26.2 Å². The van der Waals surface area contributed by atoms with Gasteiger partial charge in [0.25, 0.3) is 0 Å². The molecule has 1 rings (SSSR count). The first-order valence-corrected chi connectivity index (χ1v) is 3.99. The van der Waals surface area contributed by atoms with Gasteiger partial charge in [0.1, 0.15) is 0 Å². The predicted octanol–water partition coefficient (Wildman–Crippen LogP) is -0.00720. The van der Waals surface area contributed by atoms with E-state index in [-0.39, 0.29) is 5.11 Å². The Bertz CT molecular complexity index is 145. The molecule has 1 fully saturated rings. The Kier molecular flexibility index (Phi) is 3.02. The average molecular weight is 177 g/mol. The Balaban J connectivity index is 2.33. The zero-order chi connectivity index (χ0) is 8.27. The van der Waals surface area contributed by atoms with Crippen molar-refractivity contribution in [3.8, 4) is 0 Å². The highest BCUT2D eigenvalue weighted by Gasteiger charge is 2.15. The molecule has 3 nitrogen and oxygen atoms in total. The van der Waals surface area contributed by atoms with E-state index >= 15 is 0 Å². The van der Waals surface area contributed by atoms with Gasteiger partial charge in [-0.15, -0.1) is 4.48 Å². The van der Waals surface area contributed by atoms with Crippen LogP contribution >= 0.6 is 12.2 Å². The molecule has 1 heterocycles. The van der Waals surface area contributed by atoms with E-state index in [1.54, 1.807) is 0 Å². The molecule has 1 saturated heterocycles. The molecule has 0 aromatic heterocycles. The fourth-order valence-corrected chi connectivity index (χ4v) is 1.25. The number of piperazine rings is 1. The summed E-state index contributed by atoms with van der Waals surface area (Å²) in [7, 11) is 2.04. The normalized spacial score (nSPS) is 20.0. The minimum atomic E-state index is 0.207. The van der Waals surface area contributed by atoms with Gasteiger partial charge in [-0.3, -0.25) is 0 Å². The highest BCUT2D eigenvalue weighted by Crippen LogP contribution is 1.98. The Hall–Kier alpha value is -0.420.